The summed E-state index contributed by atoms with van der Waals surface area (Å²) in [6.45, 7) is 8.66. The molecule has 1 aliphatic heterocycles. The van der Waals surface area contributed by atoms with Crippen LogP contribution in [0, 0.1) is 0 Å². The average Bonchev–Trinajstić information content (AvgIpc) is 2.35. The number of amides is 2. The van der Waals surface area contributed by atoms with Gasteiger partial charge < -0.3 is 4.74 Å². The number of nitrogens with zero attached hydrogens (tertiary/aromatic N) is 3. The number of hydrazone groups is 1. The van der Waals surface area contributed by atoms with Crippen molar-refractivity contribution >= 4 is 11.9 Å². The molecule has 0 aromatic rings. The van der Waals surface area contributed by atoms with E-state index in [1.54, 1.807) is 17.1 Å². The Hall–Kier alpha value is -1.30. The first kappa shape index (κ1) is 15.8. The minimum Gasteiger partial charge on any atom is -0.385 e. The van der Waals surface area contributed by atoms with Crippen LogP contribution in [0.3, 0.4) is 0 Å². The molecule has 0 saturated carbocycles. The fourth-order valence-corrected chi connectivity index (χ4v) is 1.82. The van der Waals surface area contributed by atoms with Gasteiger partial charge >= 0.3 is 6.03 Å². The highest BCUT2D eigenvalue weighted by Crippen LogP contribution is 2.13. The number of urea groups is 1. The van der Waals surface area contributed by atoms with Crippen LogP contribution >= 0.6 is 0 Å². The van der Waals surface area contributed by atoms with Crippen molar-refractivity contribution in [3.05, 3.63) is 0 Å². The maximum absolute atomic E-state index is 12.2. The van der Waals surface area contributed by atoms with Crippen molar-refractivity contribution in [1.82, 2.24) is 15.4 Å². The van der Waals surface area contributed by atoms with E-state index in [0.717, 1.165) is 31.7 Å². The Morgan fingerprint density at radius 1 is 1.21 bits per heavy atom. The number of hydrogen-bond donors (Lipinski definition) is 1. The molecule has 0 unspecified atom stereocenters. The summed E-state index contributed by atoms with van der Waals surface area (Å²) in [6.07, 6.45) is 2.81. The summed E-state index contributed by atoms with van der Waals surface area (Å²) in [5.74, 6) is 0.845. The fourth-order valence-electron chi connectivity index (χ4n) is 1.82. The van der Waals surface area contributed by atoms with Gasteiger partial charge in [0.1, 0.15) is 5.84 Å². The molecule has 19 heavy (non-hydrogen) atoms. The predicted molar refractivity (Wildman–Crippen MR) is 75.6 cm³/mol. The van der Waals surface area contributed by atoms with Crippen molar-refractivity contribution < 1.29 is 9.53 Å². The lowest BCUT2D eigenvalue weighted by Gasteiger charge is -2.37. The molecule has 0 aromatic heterocycles. The maximum Gasteiger partial charge on any atom is 0.359 e. The van der Waals surface area contributed by atoms with Crippen LogP contribution in [0.4, 0.5) is 4.79 Å². The second-order valence-electron chi connectivity index (χ2n) is 5.29. The molecular formula is C13H26N4O2. The lowest BCUT2D eigenvalue weighted by Crippen LogP contribution is -2.59. The van der Waals surface area contributed by atoms with E-state index in [-0.39, 0.29) is 18.1 Å². The summed E-state index contributed by atoms with van der Waals surface area (Å²) in [4.78, 5) is 12.2. The molecule has 0 aliphatic carbocycles. The number of carbonyl (C=O) groups is 1. The summed E-state index contributed by atoms with van der Waals surface area (Å²) in [5, 5.41) is 7.58. The average molecular weight is 270 g/mol. The smallest absolute Gasteiger partial charge is 0.359 e. The van der Waals surface area contributed by atoms with E-state index >= 15 is 0 Å². The number of carbonyl (C=O) groups excluding carboxylic acids is 1. The summed E-state index contributed by atoms with van der Waals surface area (Å²) in [6, 6.07) is 0.0636. The standard InChI is InChI=1S/C13H26N4O2/c1-10(2)16-13(18)17(11(3)4)15-12(14-16)8-6-7-9-19-5/h10-11H,6-9H2,1-5H3,(H,14,15). The third kappa shape index (κ3) is 4.38. The molecular weight excluding hydrogens is 244 g/mol. The van der Waals surface area contributed by atoms with E-state index in [0.29, 0.717) is 0 Å². The molecule has 0 bridgehead atoms. The largest absolute Gasteiger partial charge is 0.385 e. The zero-order chi connectivity index (χ0) is 14.4. The van der Waals surface area contributed by atoms with Crippen LogP contribution in [-0.4, -0.2) is 47.7 Å². The number of hydrazine groups is 1. The van der Waals surface area contributed by atoms with E-state index in [9.17, 15) is 4.79 Å². The number of amidine groups is 1. The second kappa shape index (κ2) is 7.33. The highest BCUT2D eigenvalue weighted by Gasteiger charge is 2.30. The van der Waals surface area contributed by atoms with Crippen molar-refractivity contribution in [3.8, 4) is 0 Å². The normalized spacial score (nSPS) is 16.2. The number of unbranched alkanes of at least 4 members (excludes halogenated alkanes) is 1. The zero-order valence-electron chi connectivity index (χ0n) is 12.6. The van der Waals surface area contributed by atoms with Gasteiger partial charge in [-0.1, -0.05) is 0 Å². The number of rotatable bonds is 7. The molecule has 1 rings (SSSR count). The van der Waals surface area contributed by atoms with Gasteiger partial charge in [-0.15, -0.1) is 0 Å². The minimum atomic E-state index is -0.0920. The van der Waals surface area contributed by atoms with E-state index < -0.39 is 0 Å². The Bertz CT molecular complexity index is 329. The van der Waals surface area contributed by atoms with Crippen LogP contribution in [0.5, 0.6) is 0 Å². The Morgan fingerprint density at radius 2 is 1.89 bits per heavy atom. The first-order chi connectivity index (χ1) is 8.97. The molecule has 0 atom stereocenters. The first-order valence-electron chi connectivity index (χ1n) is 6.92. The highest BCUT2D eigenvalue weighted by atomic mass is 16.5. The minimum absolute atomic E-state index is 0.0600. The lowest BCUT2D eigenvalue weighted by atomic mass is 10.2. The van der Waals surface area contributed by atoms with Crippen molar-refractivity contribution in [3.63, 3.8) is 0 Å². The number of ether oxygens (including phenoxy) is 1. The van der Waals surface area contributed by atoms with Gasteiger partial charge in [-0.05, 0) is 40.5 Å². The predicted octanol–water partition coefficient (Wildman–Crippen LogP) is 2.18. The molecule has 1 N–H and O–H groups in total. The number of hydrogen-bond acceptors (Lipinski definition) is 4. The Labute approximate surface area is 115 Å². The third-order valence-electron chi connectivity index (χ3n) is 2.90. The molecule has 1 aliphatic rings. The molecule has 1 heterocycles. The van der Waals surface area contributed by atoms with E-state index in [1.165, 1.54) is 0 Å². The van der Waals surface area contributed by atoms with Crippen molar-refractivity contribution in [2.75, 3.05) is 13.7 Å². The van der Waals surface area contributed by atoms with Crippen LogP contribution in [0.25, 0.3) is 0 Å². The van der Waals surface area contributed by atoms with Gasteiger partial charge in [-0.3, -0.25) is 5.43 Å². The van der Waals surface area contributed by atoms with Crippen LogP contribution in [0.1, 0.15) is 47.0 Å². The summed E-state index contributed by atoms with van der Waals surface area (Å²) in [5.41, 5.74) is 3.12. The van der Waals surface area contributed by atoms with E-state index in [1.807, 2.05) is 27.7 Å². The van der Waals surface area contributed by atoms with Gasteiger partial charge in [-0.25, -0.2) is 14.8 Å². The highest BCUT2D eigenvalue weighted by molar-refractivity contribution is 5.89. The van der Waals surface area contributed by atoms with Crippen LogP contribution < -0.4 is 5.43 Å². The van der Waals surface area contributed by atoms with Gasteiger partial charge in [-0.2, -0.15) is 5.10 Å². The number of methoxy groups -OCH3 is 1. The molecule has 0 fully saturated rings. The summed E-state index contributed by atoms with van der Waals surface area (Å²) in [7, 11) is 1.70. The van der Waals surface area contributed by atoms with Gasteiger partial charge in [0, 0.05) is 26.2 Å². The Balaban J connectivity index is 2.68. The molecule has 6 nitrogen and oxygen atoms in total. The second-order valence-corrected chi connectivity index (χ2v) is 5.29. The monoisotopic (exact) mass is 270 g/mol. The van der Waals surface area contributed by atoms with Crippen LogP contribution in [0.15, 0.2) is 5.10 Å². The fraction of sp³-hybridized carbons (Fsp3) is 0.846. The molecule has 0 radical (unpaired) electrons. The molecule has 6 heteroatoms. The van der Waals surface area contributed by atoms with Crippen LogP contribution in [0.2, 0.25) is 0 Å². The molecule has 0 saturated heterocycles. The molecule has 110 valence electrons. The van der Waals surface area contributed by atoms with Crippen molar-refractivity contribution in [2.45, 2.75) is 59.0 Å². The summed E-state index contributed by atoms with van der Waals surface area (Å²) < 4.78 is 5.03. The lowest BCUT2D eigenvalue weighted by molar-refractivity contribution is 0.104. The van der Waals surface area contributed by atoms with Gasteiger partial charge in [0.05, 0.1) is 6.04 Å². The topological polar surface area (TPSA) is 57.2 Å². The van der Waals surface area contributed by atoms with Crippen molar-refractivity contribution in [2.24, 2.45) is 5.10 Å². The van der Waals surface area contributed by atoms with Gasteiger partial charge in [0.15, 0.2) is 0 Å². The quantitative estimate of drug-likeness (QED) is 0.721. The van der Waals surface area contributed by atoms with Crippen molar-refractivity contribution in [1.29, 1.82) is 0 Å². The Kier molecular flexibility index (Phi) is 6.08. The maximum atomic E-state index is 12.2. The molecule has 0 spiro atoms. The SMILES string of the molecule is COCCCCC1=NN(C(C)C)C(=O)N(C(C)C)N1. The van der Waals surface area contributed by atoms with Gasteiger partial charge in [0.2, 0.25) is 0 Å². The van der Waals surface area contributed by atoms with Gasteiger partial charge in [0.25, 0.3) is 0 Å². The first-order valence-corrected chi connectivity index (χ1v) is 6.92. The zero-order valence-corrected chi connectivity index (χ0v) is 12.6. The summed E-state index contributed by atoms with van der Waals surface area (Å²) >= 11 is 0. The van der Waals surface area contributed by atoms with E-state index in [4.69, 9.17) is 4.74 Å². The van der Waals surface area contributed by atoms with E-state index in [2.05, 4.69) is 10.5 Å². The number of nitrogens with one attached hydrogen (secondary N) is 1. The molecule has 2 amide bonds. The van der Waals surface area contributed by atoms with Crippen LogP contribution in [-0.2, 0) is 4.74 Å². The molecule has 0 aromatic carbocycles. The third-order valence-corrected chi connectivity index (χ3v) is 2.90. The Morgan fingerprint density at radius 3 is 2.42 bits per heavy atom.